The van der Waals surface area contributed by atoms with Crippen molar-refractivity contribution in [2.75, 3.05) is 18.7 Å². The molecule has 1 aliphatic heterocycles. The van der Waals surface area contributed by atoms with E-state index >= 15 is 0 Å². The molecule has 0 saturated carbocycles. The Kier molecular flexibility index (Phi) is 3.59. The standard InChI is InChI=1S/C15H12FNO4/c16-11-3-1-2-4-12(11)19-8-15(18)17-10-5-6-13-14(7-10)21-9-20-13/h1-7H,8-9H2,(H,17,18). The molecule has 1 N–H and O–H groups in total. The van der Waals surface area contributed by atoms with Gasteiger partial charge in [0.15, 0.2) is 29.7 Å². The van der Waals surface area contributed by atoms with Crippen LogP contribution in [0.3, 0.4) is 0 Å². The Labute approximate surface area is 120 Å². The zero-order valence-corrected chi connectivity index (χ0v) is 11.0. The maximum Gasteiger partial charge on any atom is 0.262 e. The average Bonchev–Trinajstić information content (AvgIpc) is 2.94. The van der Waals surface area contributed by atoms with E-state index in [-0.39, 0.29) is 19.1 Å². The number of anilines is 1. The summed E-state index contributed by atoms with van der Waals surface area (Å²) in [4.78, 5) is 11.8. The van der Waals surface area contributed by atoms with Crippen molar-refractivity contribution in [3.63, 3.8) is 0 Å². The van der Waals surface area contributed by atoms with Crippen molar-refractivity contribution in [2.45, 2.75) is 0 Å². The number of carbonyl (C=O) groups excluding carboxylic acids is 1. The summed E-state index contributed by atoms with van der Waals surface area (Å²) < 4.78 is 28.8. The van der Waals surface area contributed by atoms with E-state index in [1.807, 2.05) is 0 Å². The monoisotopic (exact) mass is 289 g/mol. The smallest absolute Gasteiger partial charge is 0.262 e. The first-order chi connectivity index (χ1) is 10.2. The number of amides is 1. The quantitative estimate of drug-likeness (QED) is 0.940. The molecule has 1 aliphatic rings. The fraction of sp³-hybridized carbons (Fsp3) is 0.133. The average molecular weight is 289 g/mol. The number of para-hydroxylation sites is 1. The first-order valence-electron chi connectivity index (χ1n) is 6.29. The first-order valence-corrected chi connectivity index (χ1v) is 6.29. The number of carbonyl (C=O) groups is 1. The van der Waals surface area contributed by atoms with Gasteiger partial charge in [0.25, 0.3) is 5.91 Å². The molecule has 21 heavy (non-hydrogen) atoms. The summed E-state index contributed by atoms with van der Waals surface area (Å²) in [6, 6.07) is 11.0. The number of hydrogen-bond acceptors (Lipinski definition) is 4. The zero-order valence-electron chi connectivity index (χ0n) is 11.0. The maximum atomic E-state index is 13.3. The second-order valence-corrected chi connectivity index (χ2v) is 4.34. The van der Waals surface area contributed by atoms with Crippen LogP contribution < -0.4 is 19.5 Å². The Bertz CT molecular complexity index is 674. The van der Waals surface area contributed by atoms with Crippen molar-refractivity contribution < 1.29 is 23.4 Å². The Balaban J connectivity index is 1.58. The van der Waals surface area contributed by atoms with E-state index in [0.29, 0.717) is 17.2 Å². The number of nitrogens with one attached hydrogen (secondary N) is 1. The third-order valence-corrected chi connectivity index (χ3v) is 2.85. The minimum absolute atomic E-state index is 0.0401. The summed E-state index contributed by atoms with van der Waals surface area (Å²) in [5.41, 5.74) is 0.557. The van der Waals surface area contributed by atoms with Crippen LogP contribution in [-0.2, 0) is 4.79 Å². The van der Waals surface area contributed by atoms with Crippen LogP contribution in [0.25, 0.3) is 0 Å². The molecule has 6 heteroatoms. The van der Waals surface area contributed by atoms with E-state index < -0.39 is 11.7 Å². The van der Waals surface area contributed by atoms with E-state index in [0.717, 1.165) is 0 Å². The molecule has 3 rings (SSSR count). The molecule has 0 saturated heterocycles. The molecular formula is C15H12FNO4. The molecule has 1 heterocycles. The molecule has 0 bridgehead atoms. The molecule has 5 nitrogen and oxygen atoms in total. The second-order valence-electron chi connectivity index (χ2n) is 4.34. The van der Waals surface area contributed by atoms with Gasteiger partial charge in [-0.2, -0.15) is 0 Å². The van der Waals surface area contributed by atoms with Crippen LogP contribution in [0.5, 0.6) is 17.2 Å². The van der Waals surface area contributed by atoms with Crippen LogP contribution in [0.1, 0.15) is 0 Å². The molecule has 2 aromatic rings. The van der Waals surface area contributed by atoms with Crippen molar-refractivity contribution in [3.8, 4) is 17.2 Å². The van der Waals surface area contributed by atoms with E-state index in [9.17, 15) is 9.18 Å². The molecule has 0 aromatic heterocycles. The van der Waals surface area contributed by atoms with Crippen LogP contribution in [0.15, 0.2) is 42.5 Å². The summed E-state index contributed by atoms with van der Waals surface area (Å²) in [5, 5.41) is 2.64. The highest BCUT2D eigenvalue weighted by Crippen LogP contribution is 2.34. The van der Waals surface area contributed by atoms with Gasteiger partial charge in [0.2, 0.25) is 6.79 Å². The summed E-state index contributed by atoms with van der Waals surface area (Å²) in [6.45, 7) is -0.113. The van der Waals surface area contributed by atoms with Crippen LogP contribution >= 0.6 is 0 Å². The topological polar surface area (TPSA) is 56.8 Å². The summed E-state index contributed by atoms with van der Waals surface area (Å²) >= 11 is 0. The van der Waals surface area contributed by atoms with Crippen molar-refractivity contribution in [2.24, 2.45) is 0 Å². The molecular weight excluding hydrogens is 277 g/mol. The highest BCUT2D eigenvalue weighted by Gasteiger charge is 2.14. The lowest BCUT2D eigenvalue weighted by Gasteiger charge is -2.08. The van der Waals surface area contributed by atoms with E-state index in [1.54, 1.807) is 30.3 Å². The lowest BCUT2D eigenvalue weighted by molar-refractivity contribution is -0.118. The van der Waals surface area contributed by atoms with Gasteiger partial charge in [0.05, 0.1) is 0 Å². The summed E-state index contributed by atoms with van der Waals surface area (Å²) in [7, 11) is 0. The largest absolute Gasteiger partial charge is 0.481 e. The highest BCUT2D eigenvalue weighted by atomic mass is 19.1. The van der Waals surface area contributed by atoms with E-state index in [4.69, 9.17) is 14.2 Å². The Hall–Kier alpha value is -2.76. The fourth-order valence-electron chi connectivity index (χ4n) is 1.88. The molecule has 2 aromatic carbocycles. The maximum absolute atomic E-state index is 13.3. The normalized spacial score (nSPS) is 12.0. The molecule has 0 aliphatic carbocycles. The molecule has 0 unspecified atom stereocenters. The van der Waals surface area contributed by atoms with Gasteiger partial charge in [0.1, 0.15) is 0 Å². The Morgan fingerprint density at radius 2 is 2.00 bits per heavy atom. The van der Waals surface area contributed by atoms with Crippen molar-refractivity contribution in [3.05, 3.63) is 48.3 Å². The molecule has 1 amide bonds. The number of benzene rings is 2. The molecule has 0 spiro atoms. The van der Waals surface area contributed by atoms with Gasteiger partial charge in [-0.25, -0.2) is 4.39 Å². The van der Waals surface area contributed by atoms with Crippen LogP contribution in [0, 0.1) is 5.82 Å². The molecule has 0 atom stereocenters. The van der Waals surface area contributed by atoms with Crippen LogP contribution in [0.2, 0.25) is 0 Å². The van der Waals surface area contributed by atoms with E-state index in [1.165, 1.54) is 12.1 Å². The minimum Gasteiger partial charge on any atom is -0.481 e. The van der Waals surface area contributed by atoms with Crippen molar-refractivity contribution in [1.82, 2.24) is 0 Å². The van der Waals surface area contributed by atoms with Gasteiger partial charge in [-0.1, -0.05) is 12.1 Å². The predicted molar refractivity (Wildman–Crippen MR) is 73.1 cm³/mol. The third-order valence-electron chi connectivity index (χ3n) is 2.85. The Morgan fingerprint density at radius 1 is 1.19 bits per heavy atom. The van der Waals surface area contributed by atoms with Crippen molar-refractivity contribution >= 4 is 11.6 Å². The third kappa shape index (κ3) is 3.05. The first kappa shape index (κ1) is 13.2. The number of hydrogen-bond donors (Lipinski definition) is 1. The Morgan fingerprint density at radius 3 is 2.86 bits per heavy atom. The summed E-state index contributed by atoms with van der Waals surface area (Å²) in [5.74, 6) is 0.349. The van der Waals surface area contributed by atoms with Crippen LogP contribution in [-0.4, -0.2) is 19.3 Å². The molecule has 0 fully saturated rings. The lowest BCUT2D eigenvalue weighted by atomic mass is 10.3. The van der Waals surface area contributed by atoms with Gasteiger partial charge < -0.3 is 19.5 Å². The SMILES string of the molecule is O=C(COc1ccccc1F)Nc1ccc2c(c1)OCO2. The summed E-state index contributed by atoms with van der Waals surface area (Å²) in [6.07, 6.45) is 0. The fourth-order valence-corrected chi connectivity index (χ4v) is 1.88. The number of rotatable bonds is 4. The van der Waals surface area contributed by atoms with Gasteiger partial charge in [-0.15, -0.1) is 0 Å². The number of fused-ring (bicyclic) bond motifs is 1. The molecule has 0 radical (unpaired) electrons. The van der Waals surface area contributed by atoms with Gasteiger partial charge in [0, 0.05) is 11.8 Å². The van der Waals surface area contributed by atoms with Crippen LogP contribution in [0.4, 0.5) is 10.1 Å². The zero-order chi connectivity index (χ0) is 14.7. The van der Waals surface area contributed by atoms with E-state index in [2.05, 4.69) is 5.32 Å². The lowest BCUT2D eigenvalue weighted by Crippen LogP contribution is -2.20. The van der Waals surface area contributed by atoms with Crippen molar-refractivity contribution in [1.29, 1.82) is 0 Å². The van der Waals surface area contributed by atoms with Gasteiger partial charge in [-0.05, 0) is 24.3 Å². The second kappa shape index (κ2) is 5.70. The minimum atomic E-state index is -0.506. The van der Waals surface area contributed by atoms with Gasteiger partial charge >= 0.3 is 0 Å². The van der Waals surface area contributed by atoms with Gasteiger partial charge in [-0.3, -0.25) is 4.79 Å². The number of halogens is 1. The molecule has 108 valence electrons. The highest BCUT2D eigenvalue weighted by molar-refractivity contribution is 5.92. The predicted octanol–water partition coefficient (Wildman–Crippen LogP) is 2.57. The number of ether oxygens (including phenoxy) is 3.